The Morgan fingerprint density at radius 2 is 2.27 bits per heavy atom. The summed E-state index contributed by atoms with van der Waals surface area (Å²) in [5, 5.41) is 0. The van der Waals surface area contributed by atoms with Crippen molar-refractivity contribution in [2.75, 3.05) is 0 Å². The summed E-state index contributed by atoms with van der Waals surface area (Å²) in [5.41, 5.74) is 2.42. The van der Waals surface area contributed by atoms with Crippen molar-refractivity contribution >= 4 is 14.7 Å². The summed E-state index contributed by atoms with van der Waals surface area (Å²) < 4.78 is 0. The third-order valence-electron chi connectivity index (χ3n) is 1.55. The van der Waals surface area contributed by atoms with E-state index in [2.05, 4.69) is 34.1 Å². The van der Waals surface area contributed by atoms with Crippen LogP contribution in [0.1, 0.15) is 19.4 Å². The summed E-state index contributed by atoms with van der Waals surface area (Å²) >= 11 is 0. The van der Waals surface area contributed by atoms with Crippen LogP contribution in [0.15, 0.2) is 18.3 Å². The molecule has 1 rings (SSSR count). The van der Waals surface area contributed by atoms with E-state index in [1.54, 1.807) is 0 Å². The maximum Gasteiger partial charge on any atom is 0.0600 e. The van der Waals surface area contributed by atoms with Gasteiger partial charge in [0, 0.05) is 6.20 Å². The van der Waals surface area contributed by atoms with Gasteiger partial charge in [0.05, 0.1) is 5.44 Å². The summed E-state index contributed by atoms with van der Waals surface area (Å²) in [6.07, 6.45) is 2.94. The number of rotatable bonds is 2. The molecule has 0 aliphatic carbocycles. The summed E-state index contributed by atoms with van der Waals surface area (Å²) in [4.78, 5) is 4.20. The molecule has 1 unspecified atom stereocenters. The normalized spacial score (nSPS) is 10.5. The van der Waals surface area contributed by atoms with Crippen LogP contribution in [-0.2, 0) is 6.42 Å². The Morgan fingerprint density at radius 1 is 1.55 bits per heavy atom. The molecule has 0 N–H and O–H groups in total. The number of hydrogen-bond acceptors (Lipinski definition) is 1. The van der Waals surface area contributed by atoms with Crippen LogP contribution < -0.4 is 5.44 Å². The second-order valence-electron chi connectivity index (χ2n) is 3.15. The van der Waals surface area contributed by atoms with Gasteiger partial charge >= 0.3 is 0 Å². The minimum Gasteiger partial charge on any atom is -0.257 e. The molecule has 1 heterocycles. The maximum atomic E-state index is 4.20. The van der Waals surface area contributed by atoms with Gasteiger partial charge in [-0.15, -0.1) is 0 Å². The van der Waals surface area contributed by atoms with Gasteiger partial charge < -0.3 is 0 Å². The number of nitrogens with zero attached hydrogens (tertiary/aromatic N) is 1. The molecule has 1 aromatic rings. The molecule has 1 aromatic heterocycles. The predicted octanol–water partition coefficient (Wildman–Crippen LogP) is 1.78. The van der Waals surface area contributed by atoms with Gasteiger partial charge in [-0.2, -0.15) is 0 Å². The molecule has 1 nitrogen and oxygen atoms in total. The zero-order valence-corrected chi connectivity index (χ0v) is 8.20. The Morgan fingerprint density at radius 3 is 2.82 bits per heavy atom. The molecule has 0 saturated carbocycles. The molecule has 1 atom stereocenters. The smallest absolute Gasteiger partial charge is 0.0600 e. The van der Waals surface area contributed by atoms with E-state index < -0.39 is 0 Å². The predicted molar refractivity (Wildman–Crippen MR) is 52.1 cm³/mol. The van der Waals surface area contributed by atoms with Gasteiger partial charge in [0.25, 0.3) is 0 Å². The van der Waals surface area contributed by atoms with Crippen molar-refractivity contribution in [2.45, 2.75) is 20.3 Å². The molecule has 0 radical (unpaired) electrons. The highest BCUT2D eigenvalue weighted by atomic mass is 31.0. The molecule has 0 fully saturated rings. The first-order chi connectivity index (χ1) is 5.20. The van der Waals surface area contributed by atoms with E-state index in [9.17, 15) is 0 Å². The van der Waals surface area contributed by atoms with Gasteiger partial charge in [-0.3, -0.25) is 4.98 Å². The van der Waals surface area contributed by atoms with Crippen molar-refractivity contribution in [2.24, 2.45) is 5.92 Å². The van der Waals surface area contributed by atoms with Crippen LogP contribution in [0.4, 0.5) is 0 Å². The van der Waals surface area contributed by atoms with Crippen molar-refractivity contribution in [3.8, 4) is 0 Å². The lowest BCUT2D eigenvalue weighted by Crippen LogP contribution is -2.08. The van der Waals surface area contributed by atoms with Crippen LogP contribution >= 0.6 is 9.24 Å². The first-order valence-corrected chi connectivity index (χ1v) is 4.47. The van der Waals surface area contributed by atoms with Crippen LogP contribution in [0, 0.1) is 5.92 Å². The molecule has 11 heavy (non-hydrogen) atoms. The van der Waals surface area contributed by atoms with Crippen molar-refractivity contribution in [3.63, 3.8) is 0 Å². The molecular weight excluding hydrogens is 153 g/mol. The van der Waals surface area contributed by atoms with E-state index in [4.69, 9.17) is 0 Å². The van der Waals surface area contributed by atoms with Gasteiger partial charge in [-0.1, -0.05) is 29.2 Å². The fourth-order valence-electron chi connectivity index (χ4n) is 1.06. The molecule has 0 saturated heterocycles. The third-order valence-corrected chi connectivity index (χ3v) is 2.07. The van der Waals surface area contributed by atoms with E-state index in [0.717, 1.165) is 11.9 Å². The van der Waals surface area contributed by atoms with E-state index in [0.29, 0.717) is 5.92 Å². The Balaban J connectivity index is 2.78. The Bertz CT molecular complexity index is 233. The van der Waals surface area contributed by atoms with Crippen molar-refractivity contribution in [1.82, 2.24) is 4.98 Å². The topological polar surface area (TPSA) is 12.9 Å². The number of hydrogen-bond donors (Lipinski definition) is 0. The van der Waals surface area contributed by atoms with Crippen molar-refractivity contribution in [1.29, 1.82) is 0 Å². The van der Waals surface area contributed by atoms with E-state index in [1.165, 1.54) is 5.56 Å². The van der Waals surface area contributed by atoms with Crippen LogP contribution in [0.3, 0.4) is 0 Å². The average molecular weight is 167 g/mol. The molecular formula is C9H14NP. The second-order valence-corrected chi connectivity index (χ2v) is 3.69. The summed E-state index contributed by atoms with van der Waals surface area (Å²) in [6, 6.07) is 4.13. The highest BCUT2D eigenvalue weighted by Crippen LogP contribution is 2.05. The molecule has 0 spiro atoms. The van der Waals surface area contributed by atoms with Crippen molar-refractivity contribution in [3.05, 3.63) is 23.9 Å². The van der Waals surface area contributed by atoms with E-state index >= 15 is 0 Å². The molecule has 60 valence electrons. The SMILES string of the molecule is CC(C)Cc1cccnc1P. The molecule has 0 bridgehead atoms. The Kier molecular flexibility index (Phi) is 3.02. The minimum absolute atomic E-state index is 0.707. The molecule has 2 heteroatoms. The fourth-order valence-corrected chi connectivity index (χ4v) is 1.36. The average Bonchev–Trinajstić information content (AvgIpc) is 1.93. The summed E-state index contributed by atoms with van der Waals surface area (Å²) in [5.74, 6) is 0.707. The summed E-state index contributed by atoms with van der Waals surface area (Å²) in [6.45, 7) is 4.44. The van der Waals surface area contributed by atoms with Crippen LogP contribution in [0.5, 0.6) is 0 Å². The Hall–Kier alpha value is -0.420. The van der Waals surface area contributed by atoms with Crippen LogP contribution in [0.2, 0.25) is 0 Å². The Labute approximate surface area is 70.4 Å². The van der Waals surface area contributed by atoms with Gasteiger partial charge in [-0.25, -0.2) is 0 Å². The molecule has 0 aliphatic heterocycles. The van der Waals surface area contributed by atoms with Gasteiger partial charge in [0.15, 0.2) is 0 Å². The summed E-state index contributed by atoms with van der Waals surface area (Å²) in [7, 11) is 2.67. The lowest BCUT2D eigenvalue weighted by atomic mass is 10.1. The first kappa shape index (κ1) is 8.67. The number of aromatic nitrogens is 1. The van der Waals surface area contributed by atoms with Gasteiger partial charge in [0.1, 0.15) is 0 Å². The highest BCUT2D eigenvalue weighted by molar-refractivity contribution is 7.27. The van der Waals surface area contributed by atoms with E-state index in [-0.39, 0.29) is 0 Å². The lowest BCUT2D eigenvalue weighted by Gasteiger charge is -2.05. The standard InChI is InChI=1S/C9H14NP/c1-7(2)6-8-4-3-5-10-9(8)11/h3-5,7H,6,11H2,1-2H3. The third kappa shape index (κ3) is 2.59. The molecule has 0 aromatic carbocycles. The van der Waals surface area contributed by atoms with Gasteiger partial charge in [0.2, 0.25) is 0 Å². The molecule has 0 aliphatic rings. The zero-order valence-electron chi connectivity index (χ0n) is 7.04. The zero-order chi connectivity index (χ0) is 8.27. The largest absolute Gasteiger partial charge is 0.257 e. The number of pyridine rings is 1. The second kappa shape index (κ2) is 3.82. The quantitative estimate of drug-likeness (QED) is 0.612. The lowest BCUT2D eigenvalue weighted by molar-refractivity contribution is 0.648. The van der Waals surface area contributed by atoms with Crippen molar-refractivity contribution < 1.29 is 0 Å². The van der Waals surface area contributed by atoms with Crippen LogP contribution in [-0.4, -0.2) is 4.98 Å². The highest BCUT2D eigenvalue weighted by Gasteiger charge is 2.00. The first-order valence-electron chi connectivity index (χ1n) is 3.89. The van der Waals surface area contributed by atoms with E-state index in [1.807, 2.05) is 12.3 Å². The molecule has 0 amide bonds. The maximum absolute atomic E-state index is 4.20. The van der Waals surface area contributed by atoms with Gasteiger partial charge in [-0.05, 0) is 24.0 Å². The monoisotopic (exact) mass is 167 g/mol. The van der Waals surface area contributed by atoms with Crippen LogP contribution in [0.25, 0.3) is 0 Å². The fraction of sp³-hybridized carbons (Fsp3) is 0.444. The minimum atomic E-state index is 0.707.